The molecule has 1 aromatic carbocycles. The van der Waals surface area contributed by atoms with E-state index in [2.05, 4.69) is 10.6 Å². The van der Waals surface area contributed by atoms with Crippen LogP contribution in [0.3, 0.4) is 0 Å². The molecule has 10 heteroatoms. The van der Waals surface area contributed by atoms with Gasteiger partial charge in [0.15, 0.2) is 6.61 Å². The van der Waals surface area contributed by atoms with Crippen molar-refractivity contribution in [2.24, 2.45) is 0 Å². The molecule has 1 heterocycles. The van der Waals surface area contributed by atoms with Crippen molar-refractivity contribution in [2.45, 2.75) is 50.6 Å². The fraction of sp³-hybridized carbons (Fsp3) is 0.526. The maximum atomic E-state index is 12.9. The van der Waals surface area contributed by atoms with Gasteiger partial charge in [-0.15, -0.1) is 0 Å². The van der Waals surface area contributed by atoms with Gasteiger partial charge in [-0.3, -0.25) is 14.4 Å². The third kappa shape index (κ3) is 6.26. The lowest BCUT2D eigenvalue weighted by atomic mass is 10.2. The van der Waals surface area contributed by atoms with Gasteiger partial charge < -0.3 is 15.4 Å². The number of esters is 1. The first kappa shape index (κ1) is 22.8. The van der Waals surface area contributed by atoms with Crippen LogP contribution in [0.25, 0.3) is 0 Å². The monoisotopic (exact) mass is 425 g/mol. The maximum absolute atomic E-state index is 12.9. The lowest BCUT2D eigenvalue weighted by Crippen LogP contribution is -2.43. The Morgan fingerprint density at radius 2 is 1.83 bits per heavy atom. The minimum Gasteiger partial charge on any atom is -0.454 e. The van der Waals surface area contributed by atoms with Gasteiger partial charge in [-0.2, -0.15) is 4.31 Å². The first-order valence-electron chi connectivity index (χ1n) is 9.42. The zero-order valence-corrected chi connectivity index (χ0v) is 17.6. The molecule has 2 rings (SSSR count). The molecular formula is C19H27N3O6S. The summed E-state index contributed by atoms with van der Waals surface area (Å²) in [6, 6.07) is 5.35. The van der Waals surface area contributed by atoms with Gasteiger partial charge >= 0.3 is 5.97 Å². The van der Waals surface area contributed by atoms with Gasteiger partial charge in [0, 0.05) is 12.6 Å². The number of carbonyl (C=O) groups excluding carboxylic acids is 3. The van der Waals surface area contributed by atoms with Crippen molar-refractivity contribution < 1.29 is 27.5 Å². The Morgan fingerprint density at radius 3 is 2.45 bits per heavy atom. The molecule has 0 unspecified atom stereocenters. The summed E-state index contributed by atoms with van der Waals surface area (Å²) in [7, 11) is -3.84. The second kappa shape index (κ2) is 9.84. The molecular weight excluding hydrogens is 398 g/mol. The predicted octanol–water partition coefficient (Wildman–Crippen LogP) is 0.332. The van der Waals surface area contributed by atoms with Gasteiger partial charge in [-0.25, -0.2) is 8.42 Å². The Bertz CT molecular complexity index is 851. The molecule has 0 aliphatic carbocycles. The highest BCUT2D eigenvalue weighted by Gasteiger charge is 2.40. The molecule has 1 aliphatic rings. The van der Waals surface area contributed by atoms with Crippen molar-refractivity contribution in [3.05, 3.63) is 29.8 Å². The third-order valence-corrected chi connectivity index (χ3v) is 6.27. The normalized spacial score (nSPS) is 17.2. The molecule has 0 spiro atoms. The Hall–Kier alpha value is -2.46. The molecule has 0 bridgehead atoms. The number of benzene rings is 1. The van der Waals surface area contributed by atoms with Crippen molar-refractivity contribution in [1.29, 1.82) is 0 Å². The van der Waals surface area contributed by atoms with Gasteiger partial charge in [0.1, 0.15) is 6.04 Å². The molecule has 1 fully saturated rings. The number of aryl methyl sites for hydroxylation is 1. The van der Waals surface area contributed by atoms with Gasteiger partial charge in [-0.1, -0.05) is 17.7 Å². The first-order valence-corrected chi connectivity index (χ1v) is 10.9. The lowest BCUT2D eigenvalue weighted by Gasteiger charge is -2.22. The standard InChI is InChI=1S/C19H27N3O6S/c1-13(2)21-17(23)11-20-18(24)12-28-19(25)16-5-4-10-22(16)29(26,27)15-8-6-14(3)7-9-15/h6-9,13,16H,4-5,10-12H2,1-3H3,(H,20,24)(H,21,23)/t16-/m0/s1. The number of nitrogens with zero attached hydrogens (tertiary/aromatic N) is 1. The SMILES string of the molecule is Cc1ccc(S(=O)(=O)N2CCC[C@H]2C(=O)OCC(=O)NCC(=O)NC(C)C)cc1. The summed E-state index contributed by atoms with van der Waals surface area (Å²) in [5.41, 5.74) is 0.925. The number of amides is 2. The molecule has 1 aliphatic heterocycles. The van der Waals surface area contributed by atoms with Gasteiger partial charge in [0.2, 0.25) is 15.9 Å². The second-order valence-electron chi connectivity index (χ2n) is 7.19. The van der Waals surface area contributed by atoms with E-state index in [4.69, 9.17) is 4.74 Å². The molecule has 1 atom stereocenters. The van der Waals surface area contributed by atoms with E-state index in [9.17, 15) is 22.8 Å². The van der Waals surface area contributed by atoms with E-state index in [0.29, 0.717) is 12.8 Å². The summed E-state index contributed by atoms with van der Waals surface area (Å²) in [5, 5.41) is 4.96. The van der Waals surface area contributed by atoms with Crippen molar-refractivity contribution in [1.82, 2.24) is 14.9 Å². The average molecular weight is 426 g/mol. The van der Waals surface area contributed by atoms with Crippen LogP contribution in [0.2, 0.25) is 0 Å². The van der Waals surface area contributed by atoms with Crippen LogP contribution in [0.15, 0.2) is 29.2 Å². The minimum atomic E-state index is -3.84. The molecule has 1 aromatic rings. The van der Waals surface area contributed by atoms with Crippen LogP contribution >= 0.6 is 0 Å². The molecule has 0 aromatic heterocycles. The van der Waals surface area contributed by atoms with Gasteiger partial charge in [0.05, 0.1) is 11.4 Å². The quantitative estimate of drug-likeness (QED) is 0.579. The van der Waals surface area contributed by atoms with E-state index in [1.165, 1.54) is 12.1 Å². The number of sulfonamides is 1. The van der Waals surface area contributed by atoms with Crippen LogP contribution in [-0.2, 0) is 29.1 Å². The molecule has 1 saturated heterocycles. The van der Waals surface area contributed by atoms with Crippen molar-refractivity contribution in [2.75, 3.05) is 19.7 Å². The molecule has 0 radical (unpaired) electrons. The van der Waals surface area contributed by atoms with E-state index in [-0.39, 0.29) is 29.9 Å². The van der Waals surface area contributed by atoms with Crippen LogP contribution in [-0.4, -0.2) is 62.3 Å². The fourth-order valence-electron chi connectivity index (χ4n) is 2.94. The van der Waals surface area contributed by atoms with E-state index in [0.717, 1.165) is 9.87 Å². The van der Waals surface area contributed by atoms with E-state index in [1.54, 1.807) is 26.0 Å². The first-order chi connectivity index (χ1) is 13.6. The van der Waals surface area contributed by atoms with Crippen molar-refractivity contribution >= 4 is 27.8 Å². The second-order valence-corrected chi connectivity index (χ2v) is 9.08. The zero-order valence-electron chi connectivity index (χ0n) is 16.8. The molecule has 0 saturated carbocycles. The third-order valence-electron chi connectivity index (χ3n) is 4.34. The van der Waals surface area contributed by atoms with Gasteiger partial charge in [0.25, 0.3) is 5.91 Å². The Kier molecular flexibility index (Phi) is 7.74. The number of hydrogen-bond donors (Lipinski definition) is 2. The smallest absolute Gasteiger partial charge is 0.324 e. The summed E-state index contributed by atoms with van der Waals surface area (Å²) >= 11 is 0. The highest BCUT2D eigenvalue weighted by Crippen LogP contribution is 2.27. The summed E-state index contributed by atoms with van der Waals surface area (Å²) < 4.78 is 31.8. The maximum Gasteiger partial charge on any atom is 0.324 e. The minimum absolute atomic E-state index is 0.0546. The molecule has 9 nitrogen and oxygen atoms in total. The molecule has 160 valence electrons. The Balaban J connectivity index is 1.92. The van der Waals surface area contributed by atoms with Crippen LogP contribution < -0.4 is 10.6 Å². The molecule has 2 N–H and O–H groups in total. The average Bonchev–Trinajstić information content (AvgIpc) is 3.15. The number of rotatable bonds is 8. The summed E-state index contributed by atoms with van der Waals surface area (Å²) in [5.74, 6) is -1.77. The summed E-state index contributed by atoms with van der Waals surface area (Å²) in [6.07, 6.45) is 0.842. The molecule has 2 amide bonds. The topological polar surface area (TPSA) is 122 Å². The number of ether oxygens (including phenoxy) is 1. The Labute approximate surface area is 170 Å². The lowest BCUT2D eigenvalue weighted by molar-refractivity contribution is -0.151. The van der Waals surface area contributed by atoms with E-state index < -0.39 is 34.5 Å². The Morgan fingerprint density at radius 1 is 1.17 bits per heavy atom. The highest BCUT2D eigenvalue weighted by molar-refractivity contribution is 7.89. The van der Waals surface area contributed by atoms with E-state index in [1.807, 2.05) is 6.92 Å². The number of nitrogens with one attached hydrogen (secondary N) is 2. The zero-order chi connectivity index (χ0) is 21.6. The fourth-order valence-corrected chi connectivity index (χ4v) is 4.59. The predicted molar refractivity (Wildman–Crippen MR) is 105 cm³/mol. The molecule has 29 heavy (non-hydrogen) atoms. The van der Waals surface area contributed by atoms with Crippen LogP contribution in [0, 0.1) is 6.92 Å². The van der Waals surface area contributed by atoms with Crippen LogP contribution in [0.4, 0.5) is 0 Å². The largest absolute Gasteiger partial charge is 0.454 e. The van der Waals surface area contributed by atoms with Gasteiger partial charge in [-0.05, 0) is 45.7 Å². The highest BCUT2D eigenvalue weighted by atomic mass is 32.2. The van der Waals surface area contributed by atoms with Crippen LogP contribution in [0.1, 0.15) is 32.3 Å². The number of carbonyl (C=O) groups is 3. The number of hydrogen-bond acceptors (Lipinski definition) is 6. The van der Waals surface area contributed by atoms with Crippen LogP contribution in [0.5, 0.6) is 0 Å². The van der Waals surface area contributed by atoms with E-state index >= 15 is 0 Å². The van der Waals surface area contributed by atoms with Crippen molar-refractivity contribution in [3.8, 4) is 0 Å². The summed E-state index contributed by atoms with van der Waals surface area (Å²) in [4.78, 5) is 35.8. The van der Waals surface area contributed by atoms with Crippen molar-refractivity contribution in [3.63, 3.8) is 0 Å². The summed E-state index contributed by atoms with van der Waals surface area (Å²) in [6.45, 7) is 4.83.